The lowest BCUT2D eigenvalue weighted by Crippen LogP contribution is -2.42. The summed E-state index contributed by atoms with van der Waals surface area (Å²) in [6.07, 6.45) is 0. The molecule has 158 valence electrons. The van der Waals surface area contributed by atoms with Gasteiger partial charge < -0.3 is 4.74 Å². The van der Waals surface area contributed by atoms with Crippen molar-refractivity contribution in [1.82, 2.24) is 14.5 Å². The van der Waals surface area contributed by atoms with Gasteiger partial charge in [-0.3, -0.25) is 9.97 Å². The van der Waals surface area contributed by atoms with E-state index in [0.29, 0.717) is 10.1 Å². The van der Waals surface area contributed by atoms with Crippen molar-refractivity contribution in [1.29, 1.82) is 0 Å². The van der Waals surface area contributed by atoms with Gasteiger partial charge in [0.1, 0.15) is 11.5 Å². The molecule has 30 heavy (non-hydrogen) atoms. The number of halogens is 3. The number of nitrogens with one attached hydrogen (secondary N) is 2. The second-order valence-corrected chi connectivity index (χ2v) is 7.94. The van der Waals surface area contributed by atoms with Gasteiger partial charge in [-0.15, -0.1) is 0 Å². The van der Waals surface area contributed by atoms with Crippen LogP contribution in [0.2, 0.25) is 0 Å². The van der Waals surface area contributed by atoms with Gasteiger partial charge in [-0.25, -0.2) is 27.4 Å². The Bertz CT molecular complexity index is 1350. The van der Waals surface area contributed by atoms with E-state index in [0.717, 1.165) is 24.3 Å². The first-order chi connectivity index (χ1) is 13.9. The second kappa shape index (κ2) is 7.33. The Balaban J connectivity index is 1.90. The predicted molar refractivity (Wildman–Crippen MR) is 97.8 cm³/mol. The van der Waals surface area contributed by atoms with Gasteiger partial charge in [-0.1, -0.05) is 0 Å². The van der Waals surface area contributed by atoms with Crippen molar-refractivity contribution in [2.45, 2.75) is 17.3 Å². The molecule has 0 aliphatic rings. The number of aryl methyl sites for hydroxylation is 1. The fourth-order valence-corrected chi connectivity index (χ4v) is 3.26. The molecule has 0 saturated heterocycles. The first kappa shape index (κ1) is 21.1. The number of aromatic nitrogens is 3. The molecule has 0 spiro atoms. The summed E-state index contributed by atoms with van der Waals surface area (Å²) in [7, 11) is -5.47. The minimum absolute atomic E-state index is 0.0611. The fourth-order valence-electron chi connectivity index (χ4n) is 2.50. The number of hydrogen-bond donors (Lipinski definition) is 2. The van der Waals surface area contributed by atoms with E-state index in [1.807, 2.05) is 9.97 Å². The van der Waals surface area contributed by atoms with Crippen molar-refractivity contribution in [2.24, 2.45) is 0 Å². The monoisotopic (exact) mass is 443 g/mol. The highest BCUT2D eigenvalue weighted by atomic mass is 32.2. The number of sulfone groups is 1. The van der Waals surface area contributed by atoms with Crippen LogP contribution in [-0.2, 0) is 9.84 Å². The highest BCUT2D eigenvalue weighted by Crippen LogP contribution is 2.32. The smallest absolute Gasteiger partial charge is 0.457 e. The van der Waals surface area contributed by atoms with E-state index in [2.05, 4.69) is 0 Å². The van der Waals surface area contributed by atoms with E-state index in [-0.39, 0.29) is 17.2 Å². The maximum Gasteiger partial charge on any atom is 0.501 e. The van der Waals surface area contributed by atoms with Crippen LogP contribution in [0.1, 0.15) is 5.56 Å². The summed E-state index contributed by atoms with van der Waals surface area (Å²) < 4.78 is 66.7. The summed E-state index contributed by atoms with van der Waals surface area (Å²) in [4.78, 5) is 37.7. The molecular weight excluding hydrogens is 431 g/mol. The highest BCUT2D eigenvalue weighted by molar-refractivity contribution is 7.92. The van der Waals surface area contributed by atoms with E-state index in [1.165, 1.54) is 18.2 Å². The number of benzene rings is 2. The molecule has 2 N–H and O–H groups in total. The topological polar surface area (TPSA) is 131 Å². The Kier molecular flexibility index (Phi) is 5.16. The summed E-state index contributed by atoms with van der Waals surface area (Å²) in [6.45, 7) is 1.58. The van der Waals surface area contributed by atoms with Crippen LogP contribution < -0.4 is 21.8 Å². The summed E-state index contributed by atoms with van der Waals surface area (Å²) in [6, 6.07) is 7.79. The van der Waals surface area contributed by atoms with E-state index < -0.39 is 37.3 Å². The molecule has 3 aromatic rings. The van der Waals surface area contributed by atoms with Gasteiger partial charge in [0.15, 0.2) is 0 Å². The van der Waals surface area contributed by atoms with Crippen LogP contribution in [0.5, 0.6) is 11.5 Å². The number of rotatable bonds is 4. The minimum Gasteiger partial charge on any atom is -0.457 e. The average Bonchev–Trinajstić information content (AvgIpc) is 2.62. The number of nitrogens with zero attached hydrogens (tertiary/aromatic N) is 1. The Morgan fingerprint density at radius 1 is 0.933 bits per heavy atom. The largest absolute Gasteiger partial charge is 0.501 e. The molecule has 0 amide bonds. The van der Waals surface area contributed by atoms with Gasteiger partial charge >= 0.3 is 22.6 Å². The van der Waals surface area contributed by atoms with Gasteiger partial charge in [-0.2, -0.15) is 13.2 Å². The molecule has 3 rings (SSSR count). The molecular formula is C17H12F3N3O6S. The van der Waals surface area contributed by atoms with Gasteiger partial charge in [0.2, 0.25) is 0 Å². The van der Waals surface area contributed by atoms with Crippen molar-refractivity contribution in [3.63, 3.8) is 0 Å². The van der Waals surface area contributed by atoms with Gasteiger partial charge in [-0.05, 0) is 55.0 Å². The van der Waals surface area contributed by atoms with E-state index in [4.69, 9.17) is 4.74 Å². The van der Waals surface area contributed by atoms with Crippen molar-refractivity contribution in [3.8, 4) is 17.2 Å². The van der Waals surface area contributed by atoms with E-state index in [1.54, 1.807) is 6.92 Å². The molecule has 1 heterocycles. The molecule has 0 bridgehead atoms. The van der Waals surface area contributed by atoms with Crippen LogP contribution in [0, 0.1) is 6.92 Å². The normalized spacial score (nSPS) is 12.0. The van der Waals surface area contributed by atoms with Gasteiger partial charge in [0.25, 0.3) is 9.84 Å². The Hall–Kier alpha value is -3.61. The lowest BCUT2D eigenvalue weighted by molar-refractivity contribution is -0.0436. The third kappa shape index (κ3) is 3.91. The summed E-state index contributed by atoms with van der Waals surface area (Å²) in [5.41, 5.74) is -7.68. The van der Waals surface area contributed by atoms with Gasteiger partial charge in [0, 0.05) is 0 Å². The summed E-state index contributed by atoms with van der Waals surface area (Å²) in [5.74, 6) is 0.296. The quantitative estimate of drug-likeness (QED) is 0.630. The maximum atomic E-state index is 12.6. The SMILES string of the molecule is Cc1cc(-n2c(=O)[nH]c(=O)[nH]c2=O)ccc1Oc1ccc(S(=O)(=O)C(F)(F)F)cc1. The highest BCUT2D eigenvalue weighted by Gasteiger charge is 2.46. The zero-order chi connectivity index (χ0) is 22.3. The Morgan fingerprint density at radius 2 is 1.50 bits per heavy atom. The molecule has 0 atom stereocenters. The van der Waals surface area contributed by atoms with Crippen molar-refractivity contribution in [3.05, 3.63) is 79.5 Å². The van der Waals surface area contributed by atoms with Crippen molar-refractivity contribution < 1.29 is 26.3 Å². The van der Waals surface area contributed by atoms with Crippen LogP contribution in [0.3, 0.4) is 0 Å². The van der Waals surface area contributed by atoms with E-state index in [9.17, 15) is 36.0 Å². The van der Waals surface area contributed by atoms with Crippen LogP contribution >= 0.6 is 0 Å². The zero-order valence-electron chi connectivity index (χ0n) is 15.0. The molecule has 0 radical (unpaired) electrons. The molecule has 9 nitrogen and oxygen atoms in total. The standard InChI is InChI=1S/C17H12F3N3O6S/c1-9-8-10(23-15(25)21-14(24)22-16(23)26)2-7-13(9)29-11-3-5-12(6-4-11)30(27,28)17(18,19)20/h2-8H,1H3,(H2,21,22,24,25,26). The van der Waals surface area contributed by atoms with Crippen molar-refractivity contribution >= 4 is 9.84 Å². The number of ether oxygens (including phenoxy) is 1. The molecule has 0 aliphatic carbocycles. The van der Waals surface area contributed by atoms with Crippen LogP contribution in [0.4, 0.5) is 13.2 Å². The van der Waals surface area contributed by atoms with Gasteiger partial charge in [0.05, 0.1) is 10.6 Å². The lowest BCUT2D eigenvalue weighted by atomic mass is 10.2. The maximum absolute atomic E-state index is 12.6. The minimum atomic E-state index is -5.47. The molecule has 1 aromatic heterocycles. The average molecular weight is 443 g/mol. The molecule has 13 heteroatoms. The Labute approximate surface area is 165 Å². The molecule has 0 fully saturated rings. The molecule has 0 saturated carbocycles. The van der Waals surface area contributed by atoms with E-state index >= 15 is 0 Å². The Morgan fingerprint density at radius 3 is 2.00 bits per heavy atom. The molecule has 0 unspecified atom stereocenters. The number of hydrogen-bond acceptors (Lipinski definition) is 6. The number of alkyl halides is 3. The third-order valence-corrected chi connectivity index (χ3v) is 5.43. The van der Waals surface area contributed by atoms with Crippen molar-refractivity contribution in [2.75, 3.05) is 0 Å². The molecule has 0 aliphatic heterocycles. The van der Waals surface area contributed by atoms with Crippen LogP contribution in [0.25, 0.3) is 5.69 Å². The molecule has 2 aromatic carbocycles. The fraction of sp³-hybridized carbons (Fsp3) is 0.118. The summed E-state index contributed by atoms with van der Waals surface area (Å²) in [5, 5.41) is 0. The predicted octanol–water partition coefficient (Wildman–Crippen LogP) is 1.61. The third-order valence-electron chi connectivity index (χ3n) is 3.93. The van der Waals surface area contributed by atoms with Crippen LogP contribution in [-0.4, -0.2) is 28.5 Å². The van der Waals surface area contributed by atoms with Crippen LogP contribution in [0.15, 0.2) is 61.7 Å². The summed E-state index contributed by atoms with van der Waals surface area (Å²) >= 11 is 0. The zero-order valence-corrected chi connectivity index (χ0v) is 15.8. The second-order valence-electron chi connectivity index (χ2n) is 6.00. The lowest BCUT2D eigenvalue weighted by Gasteiger charge is -2.12. The first-order valence-electron chi connectivity index (χ1n) is 8.06. The first-order valence-corrected chi connectivity index (χ1v) is 9.54. The number of H-pyrrole nitrogens is 2. The number of aromatic amines is 2.